The molecule has 38 heavy (non-hydrogen) atoms. The number of fused-ring (bicyclic) bond motifs is 2. The van der Waals surface area contributed by atoms with Crippen LogP contribution in [0.3, 0.4) is 0 Å². The lowest BCUT2D eigenvalue weighted by Crippen LogP contribution is -2.54. The van der Waals surface area contributed by atoms with E-state index < -0.39 is 0 Å². The van der Waals surface area contributed by atoms with E-state index >= 15 is 0 Å². The molecule has 196 valence electrons. The van der Waals surface area contributed by atoms with Crippen LogP contribution in [-0.4, -0.2) is 55.3 Å². The molecule has 1 N–H and O–H groups in total. The number of nitrogens with zero attached hydrogens (tertiary/aromatic N) is 4. The fourth-order valence-electron chi connectivity index (χ4n) is 6.80. The van der Waals surface area contributed by atoms with Gasteiger partial charge in [-0.25, -0.2) is 0 Å². The van der Waals surface area contributed by atoms with E-state index in [1.807, 2.05) is 37.3 Å². The average Bonchev–Trinajstić information content (AvgIpc) is 3.47. The van der Waals surface area contributed by atoms with Gasteiger partial charge in [0.25, 0.3) is 0 Å². The topological polar surface area (TPSA) is 64.4 Å². The molecule has 0 bridgehead atoms. The molecule has 3 aliphatic heterocycles. The van der Waals surface area contributed by atoms with Crippen molar-refractivity contribution in [1.82, 2.24) is 15.2 Å². The zero-order valence-electron chi connectivity index (χ0n) is 22.3. The molecular weight excluding hydrogens is 470 g/mol. The predicted molar refractivity (Wildman–Crippen MR) is 151 cm³/mol. The fraction of sp³-hybridized carbons (Fsp3) is 0.438. The summed E-state index contributed by atoms with van der Waals surface area (Å²) in [5.41, 5.74) is 6.58. The second-order valence-corrected chi connectivity index (χ2v) is 11.0. The van der Waals surface area contributed by atoms with Crippen molar-refractivity contribution in [2.24, 2.45) is 0 Å². The van der Waals surface area contributed by atoms with Crippen LogP contribution in [0.15, 0.2) is 60.7 Å². The molecule has 0 saturated carbocycles. The van der Waals surface area contributed by atoms with Gasteiger partial charge in [0.15, 0.2) is 0 Å². The minimum absolute atomic E-state index is 0.0786. The zero-order chi connectivity index (χ0) is 26.0. The van der Waals surface area contributed by atoms with E-state index in [-0.39, 0.29) is 5.41 Å². The first-order chi connectivity index (χ1) is 18.7. The molecular formula is C32H37N5O. The molecule has 6 heteroatoms. The van der Waals surface area contributed by atoms with Crippen molar-refractivity contribution in [1.29, 1.82) is 5.26 Å². The van der Waals surface area contributed by atoms with Crippen LogP contribution in [-0.2, 0) is 12.0 Å². The summed E-state index contributed by atoms with van der Waals surface area (Å²) in [6.07, 6.45) is 4.64. The smallest absolute Gasteiger partial charge is 0.128 e. The van der Waals surface area contributed by atoms with Crippen LogP contribution < -0.4 is 15.0 Å². The average molecular weight is 508 g/mol. The van der Waals surface area contributed by atoms with Crippen molar-refractivity contribution >= 4 is 5.69 Å². The number of benzene rings is 2. The lowest BCUT2D eigenvalue weighted by molar-refractivity contribution is 0.140. The Morgan fingerprint density at radius 1 is 1.08 bits per heavy atom. The first kappa shape index (κ1) is 24.9. The Morgan fingerprint density at radius 2 is 1.89 bits per heavy atom. The number of nitriles is 1. The minimum atomic E-state index is 0.0786. The van der Waals surface area contributed by atoms with Crippen molar-refractivity contribution in [2.75, 3.05) is 44.2 Å². The molecule has 1 spiro atoms. The number of pyridine rings is 1. The molecule has 6 nitrogen and oxygen atoms in total. The van der Waals surface area contributed by atoms with Gasteiger partial charge < -0.3 is 15.0 Å². The SMILES string of the molecule is CCOc1ccccc1-c1ccc2c(n1)CN(C[C@H]1CCCN1)CC21CCN(c2ccccc2C#N)CC1. The van der Waals surface area contributed by atoms with Crippen LogP contribution in [0.25, 0.3) is 11.3 Å². The zero-order valence-corrected chi connectivity index (χ0v) is 22.3. The number of hydrogen-bond acceptors (Lipinski definition) is 6. The summed E-state index contributed by atoms with van der Waals surface area (Å²) >= 11 is 0. The molecule has 0 aliphatic carbocycles. The van der Waals surface area contributed by atoms with Gasteiger partial charge in [-0.2, -0.15) is 5.26 Å². The number of para-hydroxylation sites is 2. The summed E-state index contributed by atoms with van der Waals surface area (Å²) in [4.78, 5) is 10.4. The molecule has 1 aromatic heterocycles. The van der Waals surface area contributed by atoms with Gasteiger partial charge in [0, 0.05) is 49.7 Å². The summed E-state index contributed by atoms with van der Waals surface area (Å²) in [7, 11) is 0. The predicted octanol–water partition coefficient (Wildman–Crippen LogP) is 5.12. The Bertz CT molecular complexity index is 1320. The summed E-state index contributed by atoms with van der Waals surface area (Å²) in [5.74, 6) is 0.893. The second kappa shape index (κ2) is 10.8. The minimum Gasteiger partial charge on any atom is -0.493 e. The summed E-state index contributed by atoms with van der Waals surface area (Å²) in [6, 6.07) is 23.8. The molecule has 0 amide bonds. The number of rotatable bonds is 6. The number of anilines is 1. The van der Waals surface area contributed by atoms with E-state index in [4.69, 9.17) is 9.72 Å². The standard InChI is InChI=1S/C32H37N5O/c1-2-38-31-12-6-4-10-26(31)28-14-13-27-29(35-28)22-36(21-25-9-7-17-34-25)23-32(27)15-18-37(19-16-32)30-11-5-3-8-24(30)20-33/h3-6,8,10-14,25,34H,2,7,9,15-19,21-23H2,1H3/t25-/m1/s1. The van der Waals surface area contributed by atoms with Crippen molar-refractivity contribution in [3.8, 4) is 23.1 Å². The Morgan fingerprint density at radius 3 is 2.68 bits per heavy atom. The number of piperidine rings is 1. The van der Waals surface area contributed by atoms with Crippen molar-refractivity contribution in [3.63, 3.8) is 0 Å². The lowest BCUT2D eigenvalue weighted by Gasteiger charge is -2.49. The molecule has 0 radical (unpaired) electrons. The van der Waals surface area contributed by atoms with E-state index in [1.54, 1.807) is 0 Å². The third-order valence-corrected chi connectivity index (χ3v) is 8.63. The highest BCUT2D eigenvalue weighted by Crippen LogP contribution is 2.43. The quantitative estimate of drug-likeness (QED) is 0.499. The molecule has 4 heterocycles. The molecule has 2 fully saturated rings. The van der Waals surface area contributed by atoms with Gasteiger partial charge in [-0.05, 0) is 75.0 Å². The summed E-state index contributed by atoms with van der Waals surface area (Å²) < 4.78 is 5.94. The highest BCUT2D eigenvalue weighted by atomic mass is 16.5. The van der Waals surface area contributed by atoms with E-state index in [1.165, 1.54) is 24.1 Å². The highest BCUT2D eigenvalue weighted by Gasteiger charge is 2.43. The molecule has 2 saturated heterocycles. The fourth-order valence-corrected chi connectivity index (χ4v) is 6.80. The van der Waals surface area contributed by atoms with Crippen LogP contribution in [0.4, 0.5) is 5.69 Å². The monoisotopic (exact) mass is 507 g/mol. The number of ether oxygens (including phenoxy) is 1. The highest BCUT2D eigenvalue weighted by molar-refractivity contribution is 5.68. The van der Waals surface area contributed by atoms with Crippen LogP contribution in [0.1, 0.15) is 49.4 Å². The van der Waals surface area contributed by atoms with Gasteiger partial charge in [0.1, 0.15) is 11.8 Å². The molecule has 0 unspecified atom stereocenters. The second-order valence-electron chi connectivity index (χ2n) is 11.0. The lowest BCUT2D eigenvalue weighted by atomic mass is 9.69. The van der Waals surface area contributed by atoms with Crippen LogP contribution >= 0.6 is 0 Å². The largest absolute Gasteiger partial charge is 0.493 e. The van der Waals surface area contributed by atoms with Gasteiger partial charge in [-0.15, -0.1) is 0 Å². The number of aromatic nitrogens is 1. The molecule has 3 aromatic rings. The van der Waals surface area contributed by atoms with Crippen molar-refractivity contribution in [3.05, 3.63) is 77.5 Å². The van der Waals surface area contributed by atoms with Gasteiger partial charge >= 0.3 is 0 Å². The van der Waals surface area contributed by atoms with Gasteiger partial charge in [0.2, 0.25) is 0 Å². The van der Waals surface area contributed by atoms with Gasteiger partial charge in [0.05, 0.1) is 29.2 Å². The van der Waals surface area contributed by atoms with Crippen LogP contribution in [0.5, 0.6) is 5.75 Å². The number of hydrogen-bond donors (Lipinski definition) is 1. The van der Waals surface area contributed by atoms with Crippen LogP contribution in [0, 0.1) is 11.3 Å². The third-order valence-electron chi connectivity index (χ3n) is 8.63. The first-order valence-corrected chi connectivity index (χ1v) is 14.1. The van der Waals surface area contributed by atoms with Gasteiger partial charge in [-0.3, -0.25) is 9.88 Å². The van der Waals surface area contributed by atoms with Gasteiger partial charge in [-0.1, -0.05) is 30.3 Å². The van der Waals surface area contributed by atoms with E-state index in [0.29, 0.717) is 12.6 Å². The Balaban J connectivity index is 1.32. The third kappa shape index (κ3) is 4.77. The molecule has 3 aliphatic rings. The summed E-state index contributed by atoms with van der Waals surface area (Å²) in [5, 5.41) is 13.4. The van der Waals surface area contributed by atoms with Crippen molar-refractivity contribution in [2.45, 2.75) is 50.6 Å². The maximum absolute atomic E-state index is 9.66. The Kier molecular flexibility index (Phi) is 7.06. The summed E-state index contributed by atoms with van der Waals surface area (Å²) in [6.45, 7) is 8.72. The first-order valence-electron chi connectivity index (χ1n) is 14.1. The Hall–Kier alpha value is -3.40. The Labute approximate surface area is 226 Å². The van der Waals surface area contributed by atoms with Crippen molar-refractivity contribution < 1.29 is 4.74 Å². The van der Waals surface area contributed by atoms with Crippen LogP contribution in [0.2, 0.25) is 0 Å². The molecule has 2 aromatic carbocycles. The maximum atomic E-state index is 9.66. The molecule has 1 atom stereocenters. The normalized spacial score (nSPS) is 20.7. The number of nitrogens with one attached hydrogen (secondary N) is 1. The van der Waals surface area contributed by atoms with E-state index in [2.05, 4.69) is 51.5 Å². The van der Waals surface area contributed by atoms with E-state index in [9.17, 15) is 5.26 Å². The molecule has 6 rings (SSSR count). The maximum Gasteiger partial charge on any atom is 0.128 e. The van der Waals surface area contributed by atoms with E-state index in [0.717, 1.165) is 80.4 Å².